The Morgan fingerprint density at radius 3 is 0.958 bits per heavy atom. The Labute approximate surface area is 831 Å². The molecule has 4 aliphatic carbocycles. The average molecular weight is 1850 g/mol. The van der Waals surface area contributed by atoms with Crippen molar-refractivity contribution in [2.75, 3.05) is 0 Å². The molecule has 8 heterocycles. The van der Waals surface area contributed by atoms with Crippen LogP contribution >= 0.6 is 11.3 Å². The zero-order valence-electron chi connectivity index (χ0n) is 80.3. The van der Waals surface area contributed by atoms with Gasteiger partial charge in [-0.1, -0.05) is 353 Å². The van der Waals surface area contributed by atoms with Crippen LogP contribution in [0.15, 0.2) is 425 Å². The lowest BCUT2D eigenvalue weighted by molar-refractivity contribution is 0.660. The van der Waals surface area contributed by atoms with E-state index in [4.69, 9.17) is 29.9 Å². The van der Waals surface area contributed by atoms with Gasteiger partial charge in [0.1, 0.15) is 0 Å². The quantitative estimate of drug-likeness (QED) is 0.143. The second-order valence-corrected chi connectivity index (χ2v) is 41.9. The molecule has 0 aliphatic heterocycles. The second-order valence-electron chi connectivity index (χ2n) is 40.8. The Morgan fingerprint density at radius 1 is 0.189 bits per heavy atom. The highest BCUT2D eigenvalue weighted by molar-refractivity contribution is 7.26. The molecule has 0 amide bonds. The molecule has 0 N–H and O–H groups in total. The minimum absolute atomic E-state index is 0.0220. The molecule has 8 aromatic heterocycles. The fourth-order valence-electron chi connectivity index (χ4n) is 24.5. The first-order valence-electron chi connectivity index (χ1n) is 49.4. The molecule has 4 aliphatic rings. The molecule has 30 rings (SSSR count). The third kappa shape index (κ3) is 12.7. The number of aromatic nitrogens is 10. The molecule has 0 atom stereocenters. The van der Waals surface area contributed by atoms with Crippen LogP contribution in [0.3, 0.4) is 0 Å². The first-order valence-corrected chi connectivity index (χ1v) is 50.2. The first kappa shape index (κ1) is 83.8. The number of hydrogen-bond donors (Lipinski definition) is 0. The lowest BCUT2D eigenvalue weighted by Crippen LogP contribution is -2.15. The maximum atomic E-state index is 5.26. The predicted molar refractivity (Wildman–Crippen MR) is 594 cm³/mol. The van der Waals surface area contributed by atoms with E-state index in [9.17, 15) is 0 Å². The van der Waals surface area contributed by atoms with Gasteiger partial charge in [0.05, 0.1) is 61.2 Å². The summed E-state index contributed by atoms with van der Waals surface area (Å²) >= 11 is 1.87. The van der Waals surface area contributed by atoms with Crippen molar-refractivity contribution in [1.29, 1.82) is 0 Å². The van der Waals surface area contributed by atoms with Gasteiger partial charge < -0.3 is 4.57 Å². The zero-order chi connectivity index (χ0) is 95.6. The number of nitrogens with zero attached hydrogens (tertiary/aromatic N) is 10. The van der Waals surface area contributed by atoms with E-state index < -0.39 is 0 Å². The van der Waals surface area contributed by atoms with Gasteiger partial charge in [0.25, 0.3) is 0 Å². The van der Waals surface area contributed by atoms with Gasteiger partial charge in [0.15, 0.2) is 0 Å². The summed E-state index contributed by atoms with van der Waals surface area (Å²) in [5.41, 5.74) is 42.3. The molecule has 0 fully saturated rings. The molecule has 11 heteroatoms. The van der Waals surface area contributed by atoms with E-state index in [1.165, 1.54) is 180 Å². The number of hydrogen-bond acceptors (Lipinski definition) is 7. The van der Waals surface area contributed by atoms with Crippen LogP contribution in [0.1, 0.15) is 99.9 Å². The van der Waals surface area contributed by atoms with Crippen molar-refractivity contribution in [2.24, 2.45) is 0 Å². The van der Waals surface area contributed by atoms with Gasteiger partial charge in [-0.05, 0) is 220 Å². The molecular weight excluding hydrogens is 1760 g/mol. The van der Waals surface area contributed by atoms with E-state index in [0.29, 0.717) is 17.8 Å². The molecule has 0 saturated carbocycles. The predicted octanol–water partition coefficient (Wildman–Crippen LogP) is 33.7. The Hall–Kier alpha value is -17.4. The normalized spacial score (nSPS) is 14.0. The highest BCUT2D eigenvalue weighted by atomic mass is 32.1. The molecule has 143 heavy (non-hydrogen) atoms. The highest BCUT2D eigenvalue weighted by Crippen LogP contribution is 2.57. The van der Waals surface area contributed by atoms with Crippen molar-refractivity contribution < 1.29 is 0 Å². The molecule has 0 saturated heterocycles. The van der Waals surface area contributed by atoms with Crippen LogP contribution in [-0.2, 0) is 21.7 Å². The molecule has 18 aromatic carbocycles. The van der Waals surface area contributed by atoms with Gasteiger partial charge in [-0.15, -0.1) is 11.3 Å². The Kier molecular flexibility index (Phi) is 18.5. The molecule has 0 spiro atoms. The number of fused-ring (bicyclic) bond motifs is 27. The number of para-hydroxylation sites is 5. The molecule has 0 unspecified atom stereocenters. The third-order valence-electron chi connectivity index (χ3n) is 31.6. The van der Waals surface area contributed by atoms with Crippen LogP contribution in [0.5, 0.6) is 0 Å². The fraction of sp³-hybridized carbons (Fsp3) is 0.0909. The topological polar surface area (TPSA) is 97.1 Å². The number of thiophene rings is 1. The Balaban J connectivity index is 0.000000105. The maximum Gasteiger partial charge on any atom is 0.235 e. The number of benzene rings is 18. The van der Waals surface area contributed by atoms with Crippen molar-refractivity contribution in [2.45, 2.75) is 77.0 Å². The van der Waals surface area contributed by atoms with Crippen molar-refractivity contribution >= 4 is 119 Å². The van der Waals surface area contributed by atoms with Gasteiger partial charge in [0.2, 0.25) is 17.8 Å². The van der Waals surface area contributed by atoms with E-state index in [0.717, 1.165) is 78.1 Å². The summed E-state index contributed by atoms with van der Waals surface area (Å²) in [4.78, 5) is 30.2. The molecular formula is C132H94N10S. The average Bonchev–Trinajstić information content (AvgIpc) is 1.55. The van der Waals surface area contributed by atoms with Crippen molar-refractivity contribution in [3.63, 3.8) is 0 Å². The standard InChI is InChI=1S/C46H35N3.C43H30N4.C43H29N3S/c1-45(2)37-14-8-5-11-31(37)33-22-21-30(25-39(33)45)28-17-19-29(20-18-28)41-23-24-47-44(48-41)49-42-16-10-7-13-34(42)36-26-35-32-12-6-9-15-38(32)46(3,4)40(35)27-43(36)49;1-43(2)35-17-9-6-14-29(35)33-25-34-31-16-8-11-19-39(31)47(41(34)26-36(33)43)42-44-23-22-37(45-42)27-20-21-32-30-15-7-10-18-38(30)46(40(32)24-27)28-12-4-3-5-13-28;1-43(2)35-15-6-3-10-29(35)33-24-34-30-11-4-7-16-38(30)46(39(34)25-36(33)43)42-44-23-22-37(45-42)27-20-18-26(19-21-27)28-13-9-14-32-31-12-5-8-17-40(31)47-41(28)32/h5-27H,1-4H3;3-26H,1-2H3;3-25H,1-2H3. The zero-order valence-corrected chi connectivity index (χ0v) is 81.1. The van der Waals surface area contributed by atoms with Crippen LogP contribution in [0.4, 0.5) is 0 Å². The third-order valence-corrected chi connectivity index (χ3v) is 32.9. The summed E-state index contributed by atoms with van der Waals surface area (Å²) in [6, 6.07) is 147. The summed E-state index contributed by atoms with van der Waals surface area (Å²) in [5, 5.41) is 12.4. The summed E-state index contributed by atoms with van der Waals surface area (Å²) in [7, 11) is 0. The van der Waals surface area contributed by atoms with Gasteiger partial charge >= 0.3 is 0 Å². The summed E-state index contributed by atoms with van der Waals surface area (Å²) in [6.07, 6.45) is 5.67. The van der Waals surface area contributed by atoms with Gasteiger partial charge in [-0.25, -0.2) is 29.9 Å². The van der Waals surface area contributed by atoms with E-state index >= 15 is 0 Å². The van der Waals surface area contributed by atoms with E-state index in [1.54, 1.807) is 0 Å². The molecule has 678 valence electrons. The lowest BCUT2D eigenvalue weighted by Gasteiger charge is -2.22. The molecule has 0 radical (unpaired) electrons. The smallest absolute Gasteiger partial charge is 0.235 e. The minimum Gasteiger partial charge on any atom is -0.309 e. The van der Waals surface area contributed by atoms with E-state index in [1.807, 2.05) is 48.1 Å². The highest BCUT2D eigenvalue weighted by Gasteiger charge is 2.41. The van der Waals surface area contributed by atoms with Gasteiger partial charge in [0, 0.05) is 126 Å². The van der Waals surface area contributed by atoms with Crippen molar-refractivity contribution in [3.8, 4) is 124 Å². The largest absolute Gasteiger partial charge is 0.309 e. The summed E-state index contributed by atoms with van der Waals surface area (Å²) in [5.74, 6) is 2.04. The Bertz CT molecular complexity index is 9860. The van der Waals surface area contributed by atoms with E-state index in [2.05, 4.69) is 462 Å². The summed E-state index contributed by atoms with van der Waals surface area (Å²) < 4.78 is 11.7. The van der Waals surface area contributed by atoms with Gasteiger partial charge in [-0.2, -0.15) is 0 Å². The van der Waals surface area contributed by atoms with Crippen molar-refractivity contribution in [1.82, 2.24) is 48.2 Å². The van der Waals surface area contributed by atoms with Crippen LogP contribution in [0.2, 0.25) is 0 Å². The monoisotopic (exact) mass is 1850 g/mol. The van der Waals surface area contributed by atoms with Crippen LogP contribution in [0, 0.1) is 0 Å². The summed E-state index contributed by atoms with van der Waals surface area (Å²) in [6.45, 7) is 18.7. The van der Waals surface area contributed by atoms with Crippen molar-refractivity contribution in [3.05, 3.63) is 470 Å². The number of rotatable bonds is 9. The Morgan fingerprint density at radius 2 is 0.503 bits per heavy atom. The second kappa shape index (κ2) is 31.6. The SMILES string of the molecule is CC1(C)c2ccccc2-c2cc3c4ccccc4n(-c4nccc(-c5ccc(-c6cccc7c6sc6ccccc67)cc5)n4)c3cc21.CC1(C)c2ccccc2-c2cc3c4ccccc4n(-c4nccc(-c5ccc6c7ccccc7n(-c7ccccc7)c6c5)n4)c3cc21.CC1(C)c2ccccc2-c2ccc(-c3ccc(-c4ccnc(-n5c6ccccc6c6cc7c(cc65)C(C)(C)c5ccccc5-7)n4)cc3)cc21. The molecule has 26 aromatic rings. The van der Waals surface area contributed by atoms with Crippen LogP contribution in [0.25, 0.3) is 231 Å². The molecule has 0 bridgehead atoms. The van der Waals surface area contributed by atoms with Crippen LogP contribution < -0.4 is 0 Å². The van der Waals surface area contributed by atoms with Crippen LogP contribution in [-0.4, -0.2) is 48.2 Å². The fourth-order valence-corrected chi connectivity index (χ4v) is 25.7. The first-order chi connectivity index (χ1) is 69.9. The molecule has 10 nitrogen and oxygen atoms in total. The minimum atomic E-state index is -0.100. The van der Waals surface area contributed by atoms with E-state index in [-0.39, 0.29) is 21.7 Å². The maximum absolute atomic E-state index is 5.26. The van der Waals surface area contributed by atoms with Gasteiger partial charge in [-0.3, -0.25) is 13.7 Å². The lowest BCUT2D eigenvalue weighted by atomic mass is 9.81.